The van der Waals surface area contributed by atoms with Crippen molar-refractivity contribution in [3.63, 3.8) is 0 Å². The highest BCUT2D eigenvalue weighted by Crippen LogP contribution is 2.37. The van der Waals surface area contributed by atoms with Gasteiger partial charge < -0.3 is 0 Å². The summed E-state index contributed by atoms with van der Waals surface area (Å²) < 4.78 is 0. The van der Waals surface area contributed by atoms with Crippen molar-refractivity contribution in [1.82, 2.24) is 0 Å². The van der Waals surface area contributed by atoms with Crippen LogP contribution in [0.15, 0.2) is 24.3 Å². The molecule has 0 aromatic heterocycles. The fraction of sp³-hybridized carbons (Fsp3) is 0.812. The highest BCUT2D eigenvalue weighted by atomic mass is 35.5. The molecule has 33 heavy (non-hydrogen) atoms. The average molecular weight is 477 g/mol. The van der Waals surface area contributed by atoms with Crippen LogP contribution in [-0.4, -0.2) is 0 Å². The van der Waals surface area contributed by atoms with E-state index in [4.69, 9.17) is 11.6 Å². The van der Waals surface area contributed by atoms with Gasteiger partial charge in [0.25, 0.3) is 0 Å². The molecule has 0 radical (unpaired) electrons. The van der Waals surface area contributed by atoms with Gasteiger partial charge in [-0.2, -0.15) is 0 Å². The Morgan fingerprint density at radius 2 is 0.939 bits per heavy atom. The zero-order valence-corrected chi connectivity index (χ0v) is 23.5. The largest absolute Gasteiger partial charge is 0.114 e. The average Bonchev–Trinajstić information content (AvgIpc) is 2.81. The van der Waals surface area contributed by atoms with Crippen LogP contribution >= 0.6 is 11.6 Å². The Kier molecular flexibility index (Phi) is 19.3. The third-order valence-electron chi connectivity index (χ3n) is 7.38. The number of alkyl halides is 1. The van der Waals surface area contributed by atoms with Crippen molar-refractivity contribution in [2.45, 2.75) is 167 Å². The van der Waals surface area contributed by atoms with Crippen LogP contribution in [0.25, 0.3) is 0 Å². The second-order valence-corrected chi connectivity index (χ2v) is 11.6. The first-order valence-electron chi connectivity index (χ1n) is 14.9. The summed E-state index contributed by atoms with van der Waals surface area (Å²) in [5.41, 5.74) is 2.88. The monoisotopic (exact) mass is 476 g/mol. The molecule has 0 saturated heterocycles. The topological polar surface area (TPSA) is 0 Å². The number of hydrogen-bond acceptors (Lipinski definition) is 0. The van der Waals surface area contributed by atoms with Crippen LogP contribution in [0.2, 0.25) is 0 Å². The van der Waals surface area contributed by atoms with Crippen molar-refractivity contribution in [2.75, 3.05) is 0 Å². The van der Waals surface area contributed by atoms with Crippen molar-refractivity contribution < 1.29 is 0 Å². The first-order chi connectivity index (χ1) is 16.1. The summed E-state index contributed by atoms with van der Waals surface area (Å²) in [6.45, 7) is 6.84. The number of unbranched alkanes of at least 4 members (excludes halogenated alkanes) is 18. The molecule has 0 fully saturated rings. The van der Waals surface area contributed by atoms with Crippen molar-refractivity contribution in [2.24, 2.45) is 0 Å². The van der Waals surface area contributed by atoms with Crippen LogP contribution in [0.3, 0.4) is 0 Å². The van der Waals surface area contributed by atoms with Crippen molar-refractivity contribution in [1.29, 1.82) is 0 Å². The van der Waals surface area contributed by atoms with E-state index >= 15 is 0 Å². The fourth-order valence-electron chi connectivity index (χ4n) is 5.13. The number of benzene rings is 1. The Morgan fingerprint density at radius 3 is 1.42 bits per heavy atom. The molecule has 0 saturated carbocycles. The fourth-order valence-corrected chi connectivity index (χ4v) is 5.45. The molecule has 0 amide bonds. The molecule has 0 spiro atoms. The number of hydrogen-bond donors (Lipinski definition) is 0. The van der Waals surface area contributed by atoms with Crippen LogP contribution in [-0.2, 0) is 11.3 Å². The lowest BCUT2D eigenvalue weighted by Gasteiger charge is -2.26. The van der Waals surface area contributed by atoms with Gasteiger partial charge in [0.05, 0.1) is 4.87 Å². The van der Waals surface area contributed by atoms with Crippen molar-refractivity contribution in [3.8, 4) is 0 Å². The third kappa shape index (κ3) is 15.9. The molecule has 0 aliphatic rings. The Balaban J connectivity index is 2.20. The lowest BCUT2D eigenvalue weighted by atomic mass is 9.88. The van der Waals surface area contributed by atoms with Gasteiger partial charge in [-0.05, 0) is 37.3 Å². The Hall–Kier alpha value is -0.490. The Labute approximate surface area is 213 Å². The van der Waals surface area contributed by atoms with E-state index in [1.807, 2.05) is 0 Å². The second kappa shape index (κ2) is 20.8. The van der Waals surface area contributed by atoms with Gasteiger partial charge in [0.2, 0.25) is 0 Å². The first-order valence-corrected chi connectivity index (χ1v) is 15.3. The zero-order chi connectivity index (χ0) is 24.0. The van der Waals surface area contributed by atoms with Gasteiger partial charge in [-0.15, -0.1) is 11.6 Å². The van der Waals surface area contributed by atoms with E-state index in [-0.39, 0.29) is 4.87 Å². The van der Waals surface area contributed by atoms with E-state index in [2.05, 4.69) is 45.0 Å². The molecule has 0 aliphatic carbocycles. The van der Waals surface area contributed by atoms with Gasteiger partial charge >= 0.3 is 0 Å². The molecule has 0 bridgehead atoms. The standard InChI is InChI=1S/C32H57Cl/c1-4-6-8-10-12-14-16-18-20-22-26-30-27-23-24-28-31(30)32(3,33)29-25-21-19-17-15-13-11-9-7-5-2/h23-24,27-28H,4-22,25-26,29H2,1-3H3. The Bertz CT molecular complexity index is 547. The quantitative estimate of drug-likeness (QED) is 0.109. The lowest BCUT2D eigenvalue weighted by molar-refractivity contribution is 0.511. The molecule has 1 rings (SSSR count). The van der Waals surface area contributed by atoms with Crippen LogP contribution in [0.5, 0.6) is 0 Å². The highest BCUT2D eigenvalue weighted by Gasteiger charge is 2.25. The summed E-state index contributed by atoms with van der Waals surface area (Å²) >= 11 is 7.11. The van der Waals surface area contributed by atoms with E-state index in [9.17, 15) is 0 Å². The van der Waals surface area contributed by atoms with Crippen LogP contribution < -0.4 is 0 Å². The van der Waals surface area contributed by atoms with Crippen LogP contribution in [0.1, 0.15) is 167 Å². The summed E-state index contributed by atoms with van der Waals surface area (Å²) in [6.07, 6.45) is 30.1. The molecule has 1 aromatic rings. The molecule has 1 heteroatoms. The minimum atomic E-state index is -0.213. The predicted molar refractivity (Wildman–Crippen MR) is 152 cm³/mol. The maximum atomic E-state index is 7.11. The maximum absolute atomic E-state index is 7.11. The number of halogens is 1. The summed E-state index contributed by atoms with van der Waals surface area (Å²) in [4.78, 5) is -0.213. The molecule has 0 N–H and O–H groups in total. The lowest BCUT2D eigenvalue weighted by Crippen LogP contribution is -2.16. The van der Waals surface area contributed by atoms with Gasteiger partial charge in [-0.3, -0.25) is 0 Å². The summed E-state index contributed by atoms with van der Waals surface area (Å²) in [6, 6.07) is 8.98. The van der Waals surface area contributed by atoms with Crippen LogP contribution in [0.4, 0.5) is 0 Å². The molecule has 1 unspecified atom stereocenters. The van der Waals surface area contributed by atoms with Crippen molar-refractivity contribution >= 4 is 11.6 Å². The van der Waals surface area contributed by atoms with E-state index < -0.39 is 0 Å². The van der Waals surface area contributed by atoms with Crippen molar-refractivity contribution in [3.05, 3.63) is 35.4 Å². The van der Waals surface area contributed by atoms with E-state index in [1.165, 1.54) is 146 Å². The van der Waals surface area contributed by atoms with Gasteiger partial charge in [0.1, 0.15) is 0 Å². The van der Waals surface area contributed by atoms with Gasteiger partial charge in [-0.1, -0.05) is 160 Å². The van der Waals surface area contributed by atoms with Gasteiger partial charge in [0, 0.05) is 0 Å². The predicted octanol–water partition coefficient (Wildman–Crippen LogP) is 11.9. The molecule has 1 aromatic carbocycles. The summed E-state index contributed by atoms with van der Waals surface area (Å²) in [7, 11) is 0. The minimum absolute atomic E-state index is 0.213. The van der Waals surface area contributed by atoms with E-state index in [1.54, 1.807) is 0 Å². The molecule has 0 aliphatic heterocycles. The Morgan fingerprint density at radius 1 is 0.545 bits per heavy atom. The molecule has 192 valence electrons. The molecular formula is C32H57Cl. The SMILES string of the molecule is CCCCCCCCCCCCc1ccccc1C(C)(Cl)CCCCCCCCCCCC. The smallest absolute Gasteiger partial charge is 0.0669 e. The highest BCUT2D eigenvalue weighted by molar-refractivity contribution is 6.23. The molecule has 0 heterocycles. The summed E-state index contributed by atoms with van der Waals surface area (Å²) in [5.74, 6) is 0. The van der Waals surface area contributed by atoms with Gasteiger partial charge in [-0.25, -0.2) is 0 Å². The summed E-state index contributed by atoms with van der Waals surface area (Å²) in [5, 5.41) is 0. The van der Waals surface area contributed by atoms with E-state index in [0.29, 0.717) is 0 Å². The third-order valence-corrected chi connectivity index (χ3v) is 7.77. The zero-order valence-electron chi connectivity index (χ0n) is 22.7. The normalized spacial score (nSPS) is 13.3. The van der Waals surface area contributed by atoms with Gasteiger partial charge in [0.15, 0.2) is 0 Å². The number of rotatable bonds is 23. The van der Waals surface area contributed by atoms with Crippen LogP contribution in [0, 0.1) is 0 Å². The number of aryl methyl sites for hydroxylation is 1. The maximum Gasteiger partial charge on any atom is 0.0669 e. The molecular weight excluding hydrogens is 420 g/mol. The van der Waals surface area contributed by atoms with E-state index in [0.717, 1.165) is 6.42 Å². The molecule has 0 nitrogen and oxygen atoms in total. The first kappa shape index (κ1) is 30.5. The second-order valence-electron chi connectivity index (χ2n) is 10.7. The molecule has 1 atom stereocenters. The minimum Gasteiger partial charge on any atom is -0.114 e.